The minimum absolute atomic E-state index is 0.0742. The fourth-order valence-corrected chi connectivity index (χ4v) is 4.21. The van der Waals surface area contributed by atoms with Gasteiger partial charge in [-0.2, -0.15) is 0 Å². The Balaban J connectivity index is 1.79. The first kappa shape index (κ1) is 18.5. The Morgan fingerprint density at radius 2 is 1.69 bits per heavy atom. The van der Waals surface area contributed by atoms with Gasteiger partial charge in [0.2, 0.25) is 0 Å². The number of nitrogens with zero attached hydrogens (tertiary/aromatic N) is 1. The molecule has 3 rings (SSSR count). The van der Waals surface area contributed by atoms with Gasteiger partial charge >= 0.3 is 0 Å². The zero-order valence-corrected chi connectivity index (χ0v) is 15.5. The molecule has 1 N–H and O–H groups in total. The average molecular weight is 394 g/mol. The van der Waals surface area contributed by atoms with E-state index in [4.69, 9.17) is 11.6 Å². The number of halogens is 1. The molecule has 0 radical (unpaired) electrons. The van der Waals surface area contributed by atoms with Crippen LogP contribution >= 0.6 is 11.6 Å². The summed E-state index contributed by atoms with van der Waals surface area (Å²) in [5, 5.41) is 11.0. The summed E-state index contributed by atoms with van der Waals surface area (Å²) in [6.07, 6.45) is 3.56. The van der Waals surface area contributed by atoms with Gasteiger partial charge in [0.25, 0.3) is 10.0 Å². The van der Waals surface area contributed by atoms with Crippen molar-refractivity contribution in [3.05, 3.63) is 53.1 Å². The normalized spacial score (nSPS) is 14.9. The summed E-state index contributed by atoms with van der Waals surface area (Å²) in [6, 6.07) is 10.6. The number of rotatable bonds is 5. The first-order chi connectivity index (χ1) is 12.4. The fraction of sp³-hybridized carbons (Fsp3) is 0.278. The SMILES string of the molecule is O=C([O-])c1cc(S(=O)(=O)Nc2ccc(N3CCCCC3)cc2)ccc1Cl. The average Bonchev–Trinajstić information content (AvgIpc) is 2.62. The molecule has 1 saturated heterocycles. The Bertz CT molecular complexity index is 907. The second kappa shape index (κ2) is 7.55. The minimum atomic E-state index is -3.94. The Hall–Kier alpha value is -2.25. The predicted molar refractivity (Wildman–Crippen MR) is 99.1 cm³/mol. The van der Waals surface area contributed by atoms with Crippen molar-refractivity contribution in [3.63, 3.8) is 0 Å². The van der Waals surface area contributed by atoms with E-state index in [0.29, 0.717) is 5.69 Å². The van der Waals surface area contributed by atoms with Gasteiger partial charge in [0.15, 0.2) is 0 Å². The molecule has 0 unspecified atom stereocenters. The molecule has 1 aliphatic heterocycles. The van der Waals surface area contributed by atoms with E-state index in [1.807, 2.05) is 12.1 Å². The number of carboxylic acid groups (broad SMARTS) is 1. The summed E-state index contributed by atoms with van der Waals surface area (Å²) in [4.78, 5) is 13.1. The van der Waals surface area contributed by atoms with Gasteiger partial charge in [0.1, 0.15) is 0 Å². The third-order valence-corrected chi connectivity index (χ3v) is 6.02. The van der Waals surface area contributed by atoms with Crippen molar-refractivity contribution in [2.24, 2.45) is 0 Å². The largest absolute Gasteiger partial charge is 0.545 e. The first-order valence-corrected chi connectivity index (χ1v) is 10.1. The molecule has 0 amide bonds. The Morgan fingerprint density at radius 3 is 2.31 bits per heavy atom. The molecular formula is C18H18ClN2O4S-. The molecule has 1 fully saturated rings. The molecular weight excluding hydrogens is 376 g/mol. The Labute approximate surface area is 157 Å². The van der Waals surface area contributed by atoms with Gasteiger partial charge in [-0.3, -0.25) is 4.72 Å². The van der Waals surface area contributed by atoms with Crippen molar-refractivity contribution >= 4 is 39.0 Å². The van der Waals surface area contributed by atoms with Crippen molar-refractivity contribution in [2.75, 3.05) is 22.7 Å². The maximum atomic E-state index is 12.5. The van der Waals surface area contributed by atoms with Crippen LogP contribution in [0.4, 0.5) is 11.4 Å². The topological polar surface area (TPSA) is 89.5 Å². The number of sulfonamides is 1. The molecule has 26 heavy (non-hydrogen) atoms. The smallest absolute Gasteiger partial charge is 0.261 e. The van der Waals surface area contributed by atoms with Crippen molar-refractivity contribution in [3.8, 4) is 0 Å². The van der Waals surface area contributed by atoms with Gasteiger partial charge in [0, 0.05) is 35.1 Å². The maximum absolute atomic E-state index is 12.5. The van der Waals surface area contributed by atoms with Crippen molar-refractivity contribution in [1.29, 1.82) is 0 Å². The third kappa shape index (κ3) is 4.11. The molecule has 8 heteroatoms. The van der Waals surface area contributed by atoms with E-state index in [2.05, 4.69) is 9.62 Å². The van der Waals surface area contributed by atoms with Gasteiger partial charge in [-0.25, -0.2) is 8.42 Å². The van der Waals surface area contributed by atoms with Crippen LogP contribution < -0.4 is 14.7 Å². The van der Waals surface area contributed by atoms with Gasteiger partial charge in [0.05, 0.1) is 10.9 Å². The van der Waals surface area contributed by atoms with Crippen LogP contribution in [0.3, 0.4) is 0 Å². The highest BCUT2D eigenvalue weighted by Crippen LogP contribution is 2.25. The number of hydrogen-bond acceptors (Lipinski definition) is 5. The minimum Gasteiger partial charge on any atom is -0.545 e. The lowest BCUT2D eigenvalue weighted by Gasteiger charge is -2.28. The number of carbonyl (C=O) groups is 1. The van der Waals surface area contributed by atoms with Crippen LogP contribution in [0.2, 0.25) is 5.02 Å². The lowest BCUT2D eigenvalue weighted by atomic mass is 10.1. The lowest BCUT2D eigenvalue weighted by Crippen LogP contribution is -2.29. The summed E-state index contributed by atoms with van der Waals surface area (Å²) in [5.74, 6) is -1.53. The quantitative estimate of drug-likeness (QED) is 0.842. The lowest BCUT2D eigenvalue weighted by molar-refractivity contribution is -0.255. The van der Waals surface area contributed by atoms with E-state index in [0.717, 1.165) is 37.7 Å². The molecule has 1 aliphatic rings. The molecule has 0 aromatic heterocycles. The zero-order chi connectivity index (χ0) is 18.7. The van der Waals surface area contributed by atoms with E-state index in [1.54, 1.807) is 12.1 Å². The van der Waals surface area contributed by atoms with Gasteiger partial charge < -0.3 is 14.8 Å². The van der Waals surface area contributed by atoms with E-state index >= 15 is 0 Å². The summed E-state index contributed by atoms with van der Waals surface area (Å²) >= 11 is 5.75. The second-order valence-corrected chi connectivity index (χ2v) is 8.22. The second-order valence-electron chi connectivity index (χ2n) is 6.13. The summed E-state index contributed by atoms with van der Waals surface area (Å²) in [6.45, 7) is 2.00. The molecule has 2 aromatic rings. The van der Waals surface area contributed by atoms with Crippen LogP contribution in [0, 0.1) is 0 Å². The number of nitrogens with one attached hydrogen (secondary N) is 1. The van der Waals surface area contributed by atoms with Crippen LogP contribution in [0.15, 0.2) is 47.4 Å². The number of carboxylic acids is 1. The molecule has 2 aromatic carbocycles. The molecule has 0 bridgehead atoms. The highest BCUT2D eigenvalue weighted by atomic mass is 35.5. The number of anilines is 2. The predicted octanol–water partition coefficient (Wildman–Crippen LogP) is 2.49. The monoisotopic (exact) mass is 393 g/mol. The van der Waals surface area contributed by atoms with Crippen LogP contribution in [0.25, 0.3) is 0 Å². The van der Waals surface area contributed by atoms with Crippen LogP contribution in [0.5, 0.6) is 0 Å². The molecule has 138 valence electrons. The highest BCUT2D eigenvalue weighted by Gasteiger charge is 2.17. The Kier molecular flexibility index (Phi) is 5.38. The number of carbonyl (C=O) groups excluding carboxylic acids is 1. The molecule has 0 spiro atoms. The number of hydrogen-bond donors (Lipinski definition) is 1. The standard InChI is InChI=1S/C18H19ClN2O4S/c19-17-9-8-15(12-16(17)18(22)23)26(24,25)20-13-4-6-14(7-5-13)21-10-2-1-3-11-21/h4-9,12,20H,1-3,10-11H2,(H,22,23)/p-1. The Morgan fingerprint density at radius 1 is 1.04 bits per heavy atom. The number of benzene rings is 2. The van der Waals surface area contributed by atoms with Gasteiger partial charge in [-0.15, -0.1) is 0 Å². The summed E-state index contributed by atoms with van der Waals surface area (Å²) in [7, 11) is -3.94. The summed E-state index contributed by atoms with van der Waals surface area (Å²) < 4.78 is 27.4. The highest BCUT2D eigenvalue weighted by molar-refractivity contribution is 7.92. The molecule has 6 nitrogen and oxygen atoms in total. The molecule has 0 atom stereocenters. The molecule has 1 heterocycles. The third-order valence-electron chi connectivity index (χ3n) is 4.31. The zero-order valence-electron chi connectivity index (χ0n) is 13.9. The van der Waals surface area contributed by atoms with E-state index in [1.165, 1.54) is 18.6 Å². The first-order valence-electron chi connectivity index (χ1n) is 8.25. The van der Waals surface area contributed by atoms with Crippen LogP contribution in [0.1, 0.15) is 29.6 Å². The maximum Gasteiger partial charge on any atom is 0.261 e. The van der Waals surface area contributed by atoms with Crippen LogP contribution in [-0.4, -0.2) is 27.5 Å². The van der Waals surface area contributed by atoms with Gasteiger partial charge in [-0.1, -0.05) is 11.6 Å². The molecule has 0 aliphatic carbocycles. The van der Waals surface area contributed by atoms with E-state index in [9.17, 15) is 18.3 Å². The van der Waals surface area contributed by atoms with E-state index in [-0.39, 0.29) is 15.5 Å². The van der Waals surface area contributed by atoms with Crippen molar-refractivity contribution in [1.82, 2.24) is 0 Å². The summed E-state index contributed by atoms with van der Waals surface area (Å²) in [5.41, 5.74) is 1.09. The van der Waals surface area contributed by atoms with Crippen molar-refractivity contribution < 1.29 is 18.3 Å². The molecule has 0 saturated carbocycles. The van der Waals surface area contributed by atoms with Crippen LogP contribution in [-0.2, 0) is 10.0 Å². The van der Waals surface area contributed by atoms with Crippen molar-refractivity contribution in [2.45, 2.75) is 24.2 Å². The van der Waals surface area contributed by atoms with Gasteiger partial charge in [-0.05, 0) is 61.7 Å². The van der Waals surface area contributed by atoms with E-state index < -0.39 is 16.0 Å². The number of aromatic carboxylic acids is 1. The number of piperidine rings is 1. The fourth-order valence-electron chi connectivity index (χ4n) is 2.93.